The summed E-state index contributed by atoms with van der Waals surface area (Å²) in [5.41, 5.74) is 0.740. The summed E-state index contributed by atoms with van der Waals surface area (Å²) in [7, 11) is 1.83. The maximum atomic E-state index is 12.8. The van der Waals surface area contributed by atoms with E-state index in [1.165, 1.54) is 12.1 Å². The number of guanidine groups is 1. The minimum atomic E-state index is -4.36. The molecule has 1 heterocycles. The first-order chi connectivity index (χ1) is 15.2. The average Bonchev–Trinajstić information content (AvgIpc) is 3.15. The molecule has 32 heavy (non-hydrogen) atoms. The van der Waals surface area contributed by atoms with Crippen molar-refractivity contribution in [2.24, 2.45) is 12.0 Å². The van der Waals surface area contributed by atoms with Crippen molar-refractivity contribution >= 4 is 11.6 Å². The maximum absolute atomic E-state index is 12.8. The molecule has 0 saturated carbocycles. The van der Waals surface area contributed by atoms with Gasteiger partial charge in [0, 0.05) is 12.7 Å². The molecule has 0 saturated heterocycles. The number of hydrogen-bond acceptors (Lipinski definition) is 4. The van der Waals surface area contributed by atoms with Crippen molar-refractivity contribution < 1.29 is 17.9 Å². The molecule has 2 N–H and O–H groups in total. The van der Waals surface area contributed by atoms with Crippen LogP contribution < -0.4 is 15.4 Å². The fraction of sp³-hybridized carbons (Fsp3) is 0.318. The second-order valence-electron chi connectivity index (χ2n) is 7.39. The smallest absolute Gasteiger partial charge is 0.416 e. The van der Waals surface area contributed by atoms with Crippen molar-refractivity contribution in [1.82, 2.24) is 20.1 Å². The van der Waals surface area contributed by atoms with Crippen molar-refractivity contribution in [2.45, 2.75) is 39.2 Å². The zero-order valence-corrected chi connectivity index (χ0v) is 18.0. The van der Waals surface area contributed by atoms with E-state index in [9.17, 15) is 13.2 Å². The molecular formula is C22H25F3N6O. The predicted molar refractivity (Wildman–Crippen MR) is 116 cm³/mol. The van der Waals surface area contributed by atoms with Crippen LogP contribution in [0, 0.1) is 0 Å². The van der Waals surface area contributed by atoms with E-state index in [0.29, 0.717) is 23.9 Å². The molecule has 0 amide bonds. The van der Waals surface area contributed by atoms with Gasteiger partial charge in [0.2, 0.25) is 0 Å². The van der Waals surface area contributed by atoms with Crippen LogP contribution in [0.2, 0.25) is 0 Å². The molecule has 3 aromatic rings. The zero-order chi connectivity index (χ0) is 23.1. The van der Waals surface area contributed by atoms with Crippen molar-refractivity contribution in [3.8, 4) is 5.75 Å². The lowest BCUT2D eigenvalue weighted by Crippen LogP contribution is -2.31. The number of nitrogens with one attached hydrogen (secondary N) is 2. The molecule has 0 aliphatic rings. The van der Waals surface area contributed by atoms with E-state index in [-0.39, 0.29) is 12.6 Å². The molecule has 0 bridgehead atoms. The predicted octanol–water partition coefficient (Wildman–Crippen LogP) is 4.38. The van der Waals surface area contributed by atoms with E-state index in [1.54, 1.807) is 10.9 Å². The number of nitrogens with zero attached hydrogens (tertiary/aromatic N) is 4. The quantitative estimate of drug-likeness (QED) is 0.416. The van der Waals surface area contributed by atoms with Gasteiger partial charge in [-0.3, -0.25) is 0 Å². The molecule has 2 aromatic carbocycles. The molecule has 0 unspecified atom stereocenters. The Balaban J connectivity index is 1.73. The van der Waals surface area contributed by atoms with Crippen LogP contribution in [-0.4, -0.2) is 26.8 Å². The van der Waals surface area contributed by atoms with E-state index in [0.717, 1.165) is 23.6 Å². The topological polar surface area (TPSA) is 76.4 Å². The maximum Gasteiger partial charge on any atom is 0.416 e. The van der Waals surface area contributed by atoms with Gasteiger partial charge >= 0.3 is 6.18 Å². The Bertz CT molecular complexity index is 1030. The number of alkyl halides is 3. The molecule has 0 aliphatic carbocycles. The third kappa shape index (κ3) is 6.73. The number of aromatic nitrogens is 3. The largest absolute Gasteiger partial charge is 0.491 e. The number of halogens is 3. The highest BCUT2D eigenvalue weighted by molar-refractivity contribution is 5.93. The van der Waals surface area contributed by atoms with Crippen molar-refractivity contribution in [3.63, 3.8) is 0 Å². The van der Waals surface area contributed by atoms with E-state index >= 15 is 0 Å². The van der Waals surface area contributed by atoms with Crippen LogP contribution in [0.25, 0.3) is 0 Å². The third-order valence-electron chi connectivity index (χ3n) is 4.41. The van der Waals surface area contributed by atoms with Gasteiger partial charge < -0.3 is 19.9 Å². The van der Waals surface area contributed by atoms with E-state index in [2.05, 4.69) is 25.8 Å². The van der Waals surface area contributed by atoms with Gasteiger partial charge in [-0.1, -0.05) is 12.1 Å². The van der Waals surface area contributed by atoms with E-state index in [1.807, 2.05) is 45.2 Å². The SMILES string of the molecule is CC(C)Oc1ccc(NC(=NCc2ccc(C(F)(F)F)cc2)NCc2nncn2C)cc1. The van der Waals surface area contributed by atoms with Crippen LogP contribution in [0.5, 0.6) is 5.75 Å². The third-order valence-corrected chi connectivity index (χ3v) is 4.41. The Hall–Kier alpha value is -3.56. The monoisotopic (exact) mass is 446 g/mol. The fourth-order valence-electron chi connectivity index (χ4n) is 2.76. The first-order valence-corrected chi connectivity index (χ1v) is 10.0. The number of aliphatic imine (C=N–C) groups is 1. The highest BCUT2D eigenvalue weighted by Gasteiger charge is 2.29. The van der Waals surface area contributed by atoms with E-state index < -0.39 is 11.7 Å². The van der Waals surface area contributed by atoms with Gasteiger partial charge in [0.1, 0.15) is 12.1 Å². The van der Waals surface area contributed by atoms with Gasteiger partial charge in [0.05, 0.1) is 24.8 Å². The Labute approximate surface area is 184 Å². The molecule has 7 nitrogen and oxygen atoms in total. The second kappa shape index (κ2) is 10.2. The minimum Gasteiger partial charge on any atom is -0.491 e. The summed E-state index contributed by atoms with van der Waals surface area (Å²) in [5, 5.41) is 14.2. The average molecular weight is 446 g/mol. The summed E-state index contributed by atoms with van der Waals surface area (Å²) in [5.74, 6) is 1.90. The van der Waals surface area contributed by atoms with Crippen molar-refractivity contribution in [1.29, 1.82) is 0 Å². The Morgan fingerprint density at radius 1 is 1.09 bits per heavy atom. The highest BCUT2D eigenvalue weighted by atomic mass is 19.4. The molecule has 0 spiro atoms. The lowest BCUT2D eigenvalue weighted by Gasteiger charge is -2.14. The number of ether oxygens (including phenoxy) is 1. The number of benzene rings is 2. The molecule has 0 fully saturated rings. The molecule has 0 radical (unpaired) electrons. The lowest BCUT2D eigenvalue weighted by molar-refractivity contribution is -0.137. The molecular weight excluding hydrogens is 421 g/mol. The van der Waals surface area contributed by atoms with Crippen LogP contribution in [0.4, 0.5) is 18.9 Å². The van der Waals surface area contributed by atoms with Gasteiger partial charge in [0.15, 0.2) is 11.8 Å². The van der Waals surface area contributed by atoms with Gasteiger partial charge in [-0.25, -0.2) is 4.99 Å². The summed E-state index contributed by atoms with van der Waals surface area (Å²) in [6, 6.07) is 12.4. The van der Waals surface area contributed by atoms with Gasteiger partial charge in [0.25, 0.3) is 0 Å². The number of hydrogen-bond donors (Lipinski definition) is 2. The van der Waals surface area contributed by atoms with Gasteiger partial charge in [-0.05, 0) is 55.8 Å². The van der Waals surface area contributed by atoms with Crippen LogP contribution in [0.1, 0.15) is 30.8 Å². The normalized spacial score (nSPS) is 12.2. The lowest BCUT2D eigenvalue weighted by atomic mass is 10.1. The molecule has 10 heteroatoms. The zero-order valence-electron chi connectivity index (χ0n) is 18.0. The van der Waals surface area contributed by atoms with Gasteiger partial charge in [-0.2, -0.15) is 13.2 Å². The molecule has 3 rings (SSSR count). The first-order valence-electron chi connectivity index (χ1n) is 10.0. The Morgan fingerprint density at radius 2 is 1.78 bits per heavy atom. The summed E-state index contributed by atoms with van der Waals surface area (Å²) in [4.78, 5) is 4.51. The molecule has 0 aliphatic heterocycles. The Kier molecular flexibility index (Phi) is 7.34. The second-order valence-corrected chi connectivity index (χ2v) is 7.39. The van der Waals surface area contributed by atoms with Crippen LogP contribution in [0.15, 0.2) is 59.9 Å². The number of anilines is 1. The molecule has 0 atom stereocenters. The molecule has 1 aromatic heterocycles. The highest BCUT2D eigenvalue weighted by Crippen LogP contribution is 2.29. The van der Waals surface area contributed by atoms with Crippen LogP contribution >= 0.6 is 0 Å². The summed E-state index contributed by atoms with van der Waals surface area (Å²) >= 11 is 0. The first kappa shape index (κ1) is 23.1. The van der Waals surface area contributed by atoms with E-state index in [4.69, 9.17) is 4.74 Å². The summed E-state index contributed by atoms with van der Waals surface area (Å²) in [6.45, 7) is 4.47. The van der Waals surface area contributed by atoms with Crippen molar-refractivity contribution in [2.75, 3.05) is 5.32 Å². The van der Waals surface area contributed by atoms with Crippen LogP contribution in [-0.2, 0) is 26.3 Å². The van der Waals surface area contributed by atoms with Gasteiger partial charge in [-0.15, -0.1) is 10.2 Å². The number of rotatable bonds is 7. The minimum absolute atomic E-state index is 0.0720. The number of aryl methyl sites for hydroxylation is 1. The molecule has 170 valence electrons. The standard InChI is InChI=1S/C22H25F3N6O/c1-15(2)32-19-10-8-18(9-11-19)29-21(27-13-20-30-28-14-31(20)3)26-12-16-4-6-17(7-5-16)22(23,24)25/h4-11,14-15H,12-13H2,1-3H3,(H2,26,27,29). The summed E-state index contributed by atoms with van der Waals surface area (Å²) in [6.07, 6.45) is -2.70. The van der Waals surface area contributed by atoms with Crippen LogP contribution in [0.3, 0.4) is 0 Å². The fourth-order valence-corrected chi connectivity index (χ4v) is 2.76. The summed E-state index contributed by atoms with van der Waals surface area (Å²) < 4.78 is 45.7. The van der Waals surface area contributed by atoms with Crippen molar-refractivity contribution in [3.05, 3.63) is 71.8 Å². The Morgan fingerprint density at radius 3 is 2.34 bits per heavy atom.